The van der Waals surface area contributed by atoms with Crippen molar-refractivity contribution in [1.82, 2.24) is 0 Å². The van der Waals surface area contributed by atoms with Gasteiger partial charge < -0.3 is 11.1 Å². The Morgan fingerprint density at radius 1 is 1.25 bits per heavy atom. The molecule has 104 valence electrons. The van der Waals surface area contributed by atoms with Crippen LogP contribution in [0, 0.1) is 12.7 Å². The van der Waals surface area contributed by atoms with Gasteiger partial charge in [0, 0.05) is 17.3 Å². The van der Waals surface area contributed by atoms with E-state index < -0.39 is 0 Å². The van der Waals surface area contributed by atoms with Crippen molar-refractivity contribution in [3.05, 3.63) is 65.0 Å². The molecule has 0 aliphatic heterocycles. The molecule has 1 unspecified atom stereocenters. The van der Waals surface area contributed by atoms with Gasteiger partial charge in [-0.25, -0.2) is 4.39 Å². The first kappa shape index (κ1) is 14.2. The number of nitrogens with one attached hydrogen (secondary N) is 1. The minimum atomic E-state index is -0.349. The minimum Gasteiger partial charge on any atom is -0.324 e. The Hall–Kier alpha value is -2.20. The summed E-state index contributed by atoms with van der Waals surface area (Å²) in [6.07, 6.45) is 0. The Kier molecular flexibility index (Phi) is 4.15. The average molecular weight is 272 g/mol. The normalized spacial score (nSPS) is 12.0. The number of hydrogen-bond donors (Lipinski definition) is 2. The largest absolute Gasteiger partial charge is 0.324 e. The third-order valence-corrected chi connectivity index (χ3v) is 3.10. The van der Waals surface area contributed by atoms with E-state index in [1.165, 1.54) is 18.2 Å². The summed E-state index contributed by atoms with van der Waals surface area (Å²) in [4.78, 5) is 12.2. The van der Waals surface area contributed by atoms with E-state index >= 15 is 0 Å². The van der Waals surface area contributed by atoms with Gasteiger partial charge in [0.05, 0.1) is 0 Å². The van der Waals surface area contributed by atoms with Gasteiger partial charge in [0.15, 0.2) is 0 Å². The van der Waals surface area contributed by atoms with Crippen LogP contribution in [0.15, 0.2) is 42.5 Å². The lowest BCUT2D eigenvalue weighted by Crippen LogP contribution is -2.14. The molecule has 3 N–H and O–H groups in total. The number of hydrogen-bond acceptors (Lipinski definition) is 2. The fraction of sp³-hybridized carbons (Fsp3) is 0.188. The zero-order valence-corrected chi connectivity index (χ0v) is 11.5. The second kappa shape index (κ2) is 5.84. The summed E-state index contributed by atoms with van der Waals surface area (Å²) >= 11 is 0. The van der Waals surface area contributed by atoms with Crippen LogP contribution < -0.4 is 11.1 Å². The molecule has 0 aromatic heterocycles. The molecule has 0 saturated carbocycles. The highest BCUT2D eigenvalue weighted by atomic mass is 19.1. The van der Waals surface area contributed by atoms with E-state index in [2.05, 4.69) is 5.32 Å². The van der Waals surface area contributed by atoms with E-state index in [0.29, 0.717) is 16.8 Å². The van der Waals surface area contributed by atoms with Crippen LogP contribution in [0.25, 0.3) is 0 Å². The van der Waals surface area contributed by atoms with E-state index in [1.54, 1.807) is 13.0 Å². The number of anilines is 1. The zero-order valence-electron chi connectivity index (χ0n) is 11.5. The van der Waals surface area contributed by atoms with E-state index in [0.717, 1.165) is 5.56 Å². The van der Waals surface area contributed by atoms with Gasteiger partial charge in [0.1, 0.15) is 5.82 Å². The number of halogens is 1. The molecule has 0 aliphatic carbocycles. The van der Waals surface area contributed by atoms with Crippen LogP contribution in [0.4, 0.5) is 10.1 Å². The predicted molar refractivity (Wildman–Crippen MR) is 78.1 cm³/mol. The minimum absolute atomic E-state index is 0.0978. The third kappa shape index (κ3) is 3.22. The lowest BCUT2D eigenvalue weighted by molar-refractivity contribution is 0.102. The number of carbonyl (C=O) groups excluding carboxylic acids is 1. The molecule has 0 aliphatic rings. The van der Waals surface area contributed by atoms with E-state index in [4.69, 9.17) is 5.73 Å². The van der Waals surface area contributed by atoms with Crippen molar-refractivity contribution in [1.29, 1.82) is 0 Å². The summed E-state index contributed by atoms with van der Waals surface area (Å²) in [5.41, 5.74) is 8.49. The van der Waals surface area contributed by atoms with Crippen molar-refractivity contribution >= 4 is 11.6 Å². The molecule has 1 amide bonds. The molecule has 4 heteroatoms. The fourth-order valence-corrected chi connectivity index (χ4v) is 1.98. The van der Waals surface area contributed by atoms with Gasteiger partial charge >= 0.3 is 0 Å². The Morgan fingerprint density at radius 2 is 2.00 bits per heavy atom. The second-order valence-corrected chi connectivity index (χ2v) is 4.83. The van der Waals surface area contributed by atoms with Gasteiger partial charge in [-0.15, -0.1) is 0 Å². The smallest absolute Gasteiger partial charge is 0.255 e. The molecule has 2 rings (SSSR count). The highest BCUT2D eigenvalue weighted by Crippen LogP contribution is 2.17. The van der Waals surface area contributed by atoms with Crippen molar-refractivity contribution in [3.8, 4) is 0 Å². The molecule has 2 aromatic rings. The molecule has 20 heavy (non-hydrogen) atoms. The topological polar surface area (TPSA) is 55.1 Å². The van der Waals surface area contributed by atoms with Crippen LogP contribution in [-0.2, 0) is 0 Å². The second-order valence-electron chi connectivity index (χ2n) is 4.83. The standard InChI is InChI=1S/C16H17FN2O/c1-10-8-13(17)6-7-15(10)16(20)19-14-5-3-4-12(9-14)11(2)18/h3-9,11H,18H2,1-2H3,(H,19,20). The van der Waals surface area contributed by atoms with Crippen molar-refractivity contribution in [3.63, 3.8) is 0 Å². The maximum absolute atomic E-state index is 13.0. The number of amides is 1. The molecule has 0 bridgehead atoms. The molecule has 3 nitrogen and oxygen atoms in total. The average Bonchev–Trinajstić information content (AvgIpc) is 2.38. The molecular weight excluding hydrogens is 255 g/mol. The summed E-state index contributed by atoms with van der Waals surface area (Å²) in [6, 6.07) is 11.4. The highest BCUT2D eigenvalue weighted by Gasteiger charge is 2.10. The summed E-state index contributed by atoms with van der Waals surface area (Å²) in [6.45, 7) is 3.58. The van der Waals surface area contributed by atoms with Gasteiger partial charge in [-0.05, 0) is 55.3 Å². The third-order valence-electron chi connectivity index (χ3n) is 3.10. The van der Waals surface area contributed by atoms with Gasteiger partial charge in [-0.1, -0.05) is 12.1 Å². The number of benzene rings is 2. The van der Waals surface area contributed by atoms with E-state index in [9.17, 15) is 9.18 Å². The Balaban J connectivity index is 2.21. The Bertz CT molecular complexity index is 638. The molecule has 0 saturated heterocycles. The summed E-state index contributed by atoms with van der Waals surface area (Å²) < 4.78 is 13.0. The van der Waals surface area contributed by atoms with Gasteiger partial charge in [-0.3, -0.25) is 4.79 Å². The van der Waals surface area contributed by atoms with Gasteiger partial charge in [0.25, 0.3) is 5.91 Å². The summed E-state index contributed by atoms with van der Waals surface area (Å²) in [5.74, 6) is -0.609. The van der Waals surface area contributed by atoms with Crippen LogP contribution in [0.5, 0.6) is 0 Å². The molecule has 1 atom stereocenters. The monoisotopic (exact) mass is 272 g/mol. The van der Waals surface area contributed by atoms with Crippen LogP contribution in [0.1, 0.15) is 34.5 Å². The molecule has 0 spiro atoms. The molecule has 0 radical (unpaired) electrons. The number of carbonyl (C=O) groups is 1. The number of rotatable bonds is 3. The first-order chi connectivity index (χ1) is 9.47. The molecule has 2 aromatic carbocycles. The van der Waals surface area contributed by atoms with Gasteiger partial charge in [0.2, 0.25) is 0 Å². The fourth-order valence-electron chi connectivity index (χ4n) is 1.98. The lowest BCUT2D eigenvalue weighted by Gasteiger charge is -2.10. The van der Waals surface area contributed by atoms with E-state index in [-0.39, 0.29) is 17.8 Å². The quantitative estimate of drug-likeness (QED) is 0.899. The van der Waals surface area contributed by atoms with Crippen LogP contribution >= 0.6 is 0 Å². The number of nitrogens with two attached hydrogens (primary N) is 1. The molecule has 0 fully saturated rings. The highest BCUT2D eigenvalue weighted by molar-refractivity contribution is 6.05. The first-order valence-electron chi connectivity index (χ1n) is 6.40. The predicted octanol–water partition coefficient (Wildman–Crippen LogP) is 3.41. The maximum atomic E-state index is 13.0. The first-order valence-corrected chi connectivity index (χ1v) is 6.40. The van der Waals surface area contributed by atoms with Crippen molar-refractivity contribution < 1.29 is 9.18 Å². The SMILES string of the molecule is Cc1cc(F)ccc1C(=O)Nc1cccc(C(C)N)c1. The lowest BCUT2D eigenvalue weighted by atomic mass is 10.1. The van der Waals surface area contributed by atoms with Crippen LogP contribution in [0.3, 0.4) is 0 Å². The number of aryl methyl sites for hydroxylation is 1. The zero-order chi connectivity index (χ0) is 14.7. The Morgan fingerprint density at radius 3 is 2.65 bits per heavy atom. The van der Waals surface area contributed by atoms with Crippen LogP contribution in [0.2, 0.25) is 0 Å². The Labute approximate surface area is 117 Å². The van der Waals surface area contributed by atoms with Crippen molar-refractivity contribution in [2.75, 3.05) is 5.32 Å². The molecular formula is C16H17FN2O. The maximum Gasteiger partial charge on any atom is 0.255 e. The summed E-state index contributed by atoms with van der Waals surface area (Å²) in [5, 5.41) is 2.80. The van der Waals surface area contributed by atoms with Crippen molar-refractivity contribution in [2.45, 2.75) is 19.9 Å². The van der Waals surface area contributed by atoms with Crippen LogP contribution in [-0.4, -0.2) is 5.91 Å². The van der Waals surface area contributed by atoms with Crippen molar-refractivity contribution in [2.24, 2.45) is 5.73 Å². The summed E-state index contributed by atoms with van der Waals surface area (Å²) in [7, 11) is 0. The molecule has 0 heterocycles. The van der Waals surface area contributed by atoms with E-state index in [1.807, 2.05) is 25.1 Å². The van der Waals surface area contributed by atoms with Gasteiger partial charge in [-0.2, -0.15) is 0 Å².